The molecule has 3 aromatic rings. The predicted octanol–water partition coefficient (Wildman–Crippen LogP) is 6.41. The van der Waals surface area contributed by atoms with Gasteiger partial charge in [0.15, 0.2) is 0 Å². The van der Waals surface area contributed by atoms with Crippen LogP contribution < -0.4 is 9.20 Å². The van der Waals surface area contributed by atoms with Crippen LogP contribution in [0.3, 0.4) is 0 Å². The maximum absolute atomic E-state index is 11.1. The van der Waals surface area contributed by atoms with Crippen LogP contribution in [0.2, 0.25) is 0 Å². The van der Waals surface area contributed by atoms with Crippen molar-refractivity contribution in [1.82, 2.24) is 0 Å². The van der Waals surface area contributed by atoms with Crippen molar-refractivity contribution in [3.05, 3.63) is 93.0 Å². The summed E-state index contributed by atoms with van der Waals surface area (Å²) in [5.74, 6) is 3.24. The first-order valence-electron chi connectivity index (χ1n) is 11.6. The van der Waals surface area contributed by atoms with Gasteiger partial charge in [-0.05, 0) is 0 Å². The number of carboxylic acid groups (broad SMARTS) is 1. The van der Waals surface area contributed by atoms with Gasteiger partial charge in [0.25, 0.3) is 0 Å². The van der Waals surface area contributed by atoms with Crippen molar-refractivity contribution < 1.29 is 14.6 Å². The van der Waals surface area contributed by atoms with Gasteiger partial charge in [-0.25, -0.2) is 0 Å². The normalized spacial score (nSPS) is 15.5. The fourth-order valence-electron chi connectivity index (χ4n) is 4.46. The summed E-state index contributed by atoms with van der Waals surface area (Å²) in [6.45, 7) is 9.81. The summed E-state index contributed by atoms with van der Waals surface area (Å²) in [7, 11) is 0. The van der Waals surface area contributed by atoms with Crippen LogP contribution in [-0.2, 0) is 17.4 Å². The number of carbonyl (C=O) groups is 1. The molecule has 4 rings (SSSR count). The van der Waals surface area contributed by atoms with Crippen LogP contribution >= 0.6 is 15.9 Å². The summed E-state index contributed by atoms with van der Waals surface area (Å²) in [6, 6.07) is 19.5. The Morgan fingerprint density at radius 3 is 2.31 bits per heavy atom. The molecule has 0 aliphatic heterocycles. The Morgan fingerprint density at radius 1 is 1.00 bits per heavy atom. The van der Waals surface area contributed by atoms with Crippen molar-refractivity contribution in [1.29, 1.82) is 0 Å². The second-order valence-corrected chi connectivity index (χ2v) is 13.0. The van der Waals surface area contributed by atoms with E-state index >= 15 is 0 Å². The Bertz CT molecular complexity index is 1300. The number of hydrogen-bond donors (Lipinski definition) is 1. The molecule has 1 aliphatic rings. The van der Waals surface area contributed by atoms with Gasteiger partial charge in [-0.15, -0.1) is 0 Å². The molecule has 3 nitrogen and oxygen atoms in total. The molecule has 1 N–H and O–H groups in total. The topological polar surface area (TPSA) is 46.5 Å². The van der Waals surface area contributed by atoms with Crippen LogP contribution in [0.4, 0.5) is 0 Å². The zero-order valence-corrected chi connectivity index (χ0v) is 23.7. The van der Waals surface area contributed by atoms with Crippen molar-refractivity contribution in [2.75, 3.05) is 0 Å². The summed E-state index contributed by atoms with van der Waals surface area (Å²) >= 11 is 3.44. The van der Waals surface area contributed by atoms with Crippen LogP contribution in [-0.4, -0.2) is 26.0 Å². The third-order valence-corrected chi connectivity index (χ3v) is 8.61. The summed E-state index contributed by atoms with van der Waals surface area (Å²) in [5, 5.41) is 9.08. The average Bonchev–Trinajstić information content (AvgIpc) is 2.82. The third kappa shape index (κ3) is 6.01. The first-order chi connectivity index (χ1) is 16.5. The molecule has 1 aliphatic carbocycles. The van der Waals surface area contributed by atoms with E-state index in [1.54, 1.807) is 24.3 Å². The molecular formula is C30H29BrO3Se. The summed E-state index contributed by atoms with van der Waals surface area (Å²) in [4.78, 5) is 14.4. The van der Waals surface area contributed by atoms with Crippen LogP contribution in [0.5, 0.6) is 5.75 Å². The van der Waals surface area contributed by atoms with E-state index in [2.05, 4.69) is 78.6 Å². The number of halogens is 1. The van der Waals surface area contributed by atoms with Gasteiger partial charge in [0.1, 0.15) is 0 Å². The molecule has 0 fully saturated rings. The van der Waals surface area contributed by atoms with Gasteiger partial charge in [-0.1, -0.05) is 0 Å². The molecule has 0 spiro atoms. The SMILES string of the molecule is CC1(C)CCC(C)(C)c2c(OCc3ccc(Br)cc3)cc([Se]C#Cc3ccc(C(=O)O)cc3)cc21. The maximum atomic E-state index is 11.1. The number of ether oxygens (including phenoxy) is 1. The zero-order valence-electron chi connectivity index (χ0n) is 20.4. The molecule has 0 saturated carbocycles. The Labute approximate surface area is 222 Å². The van der Waals surface area contributed by atoms with Crippen LogP contribution in [0.1, 0.15) is 73.1 Å². The number of fused-ring (bicyclic) bond motifs is 1. The molecule has 0 unspecified atom stereocenters. The number of hydrogen-bond acceptors (Lipinski definition) is 2. The molecule has 35 heavy (non-hydrogen) atoms. The Kier molecular flexibility index (Phi) is 7.48. The number of benzene rings is 3. The molecule has 0 aromatic heterocycles. The molecule has 0 amide bonds. The van der Waals surface area contributed by atoms with E-state index in [0.29, 0.717) is 6.61 Å². The van der Waals surface area contributed by atoms with Crippen molar-refractivity contribution >= 4 is 41.3 Å². The van der Waals surface area contributed by atoms with Crippen LogP contribution in [0.15, 0.2) is 65.1 Å². The molecule has 0 radical (unpaired) electrons. The molecule has 0 bridgehead atoms. The third-order valence-electron chi connectivity index (χ3n) is 6.66. The monoisotopic (exact) mass is 596 g/mol. The fourth-order valence-corrected chi connectivity index (χ4v) is 6.05. The van der Waals surface area contributed by atoms with E-state index in [4.69, 9.17) is 9.84 Å². The van der Waals surface area contributed by atoms with E-state index in [9.17, 15) is 4.79 Å². The van der Waals surface area contributed by atoms with E-state index < -0.39 is 5.97 Å². The van der Waals surface area contributed by atoms with Gasteiger partial charge >= 0.3 is 223 Å². The summed E-state index contributed by atoms with van der Waals surface area (Å²) in [5.41, 5.74) is 5.04. The number of aromatic carboxylic acids is 1. The van der Waals surface area contributed by atoms with Crippen LogP contribution in [0, 0.1) is 10.7 Å². The fraction of sp³-hybridized carbons (Fsp3) is 0.300. The van der Waals surface area contributed by atoms with Crippen molar-refractivity contribution in [2.45, 2.75) is 58.0 Å². The van der Waals surface area contributed by atoms with Gasteiger partial charge in [-0.3, -0.25) is 0 Å². The average molecular weight is 596 g/mol. The summed E-state index contributed by atoms with van der Waals surface area (Å²) in [6.07, 6.45) is 2.26. The first-order valence-corrected chi connectivity index (χ1v) is 14.1. The number of carboxylic acids is 1. The van der Waals surface area contributed by atoms with Gasteiger partial charge in [0, 0.05) is 0 Å². The van der Waals surface area contributed by atoms with Crippen LogP contribution in [0.25, 0.3) is 0 Å². The molecular weight excluding hydrogens is 567 g/mol. The van der Waals surface area contributed by atoms with Gasteiger partial charge in [0.05, 0.1) is 0 Å². The predicted molar refractivity (Wildman–Crippen MR) is 146 cm³/mol. The zero-order chi connectivity index (χ0) is 25.2. The van der Waals surface area contributed by atoms with Crippen molar-refractivity contribution in [2.24, 2.45) is 0 Å². The van der Waals surface area contributed by atoms with E-state index in [-0.39, 0.29) is 31.4 Å². The van der Waals surface area contributed by atoms with Gasteiger partial charge in [-0.2, -0.15) is 0 Å². The van der Waals surface area contributed by atoms with E-state index in [1.807, 2.05) is 12.1 Å². The second-order valence-electron chi connectivity index (χ2n) is 10.2. The standard InChI is InChI=1S/C30H29BrO3Se/c1-29(2)14-15-30(3,4)27-25(29)17-24(18-26(27)34-19-21-7-11-23(31)12-8-21)35-16-13-20-5-9-22(10-6-20)28(32)33/h5-12,17-18H,14-15,19H2,1-4H3,(H,32,33). The summed E-state index contributed by atoms with van der Waals surface area (Å²) < 4.78 is 8.75. The van der Waals surface area contributed by atoms with E-state index in [1.165, 1.54) is 15.6 Å². The molecule has 5 heteroatoms. The van der Waals surface area contributed by atoms with Crippen molar-refractivity contribution in [3.63, 3.8) is 0 Å². The first kappa shape index (κ1) is 25.6. The molecule has 3 aromatic carbocycles. The van der Waals surface area contributed by atoms with Gasteiger partial charge in [0.2, 0.25) is 0 Å². The number of rotatable bonds is 5. The van der Waals surface area contributed by atoms with E-state index in [0.717, 1.165) is 34.2 Å². The Morgan fingerprint density at radius 2 is 1.66 bits per heavy atom. The molecule has 0 heterocycles. The Balaban J connectivity index is 1.66. The quantitative estimate of drug-likeness (QED) is 0.274. The van der Waals surface area contributed by atoms with Gasteiger partial charge < -0.3 is 0 Å². The Hall–Kier alpha value is -2.51. The second kappa shape index (κ2) is 10.2. The minimum absolute atomic E-state index is 0.0446. The molecule has 0 atom stereocenters. The molecule has 0 saturated heterocycles. The minimum atomic E-state index is -0.927. The van der Waals surface area contributed by atoms with Crippen molar-refractivity contribution in [3.8, 4) is 16.5 Å². The molecule has 180 valence electrons.